The molecule has 1 spiro atoms. The number of nitrogens with one attached hydrogen (secondary N) is 2. The lowest BCUT2D eigenvalue weighted by Gasteiger charge is -2.30. The molecule has 3 rings (SSSR count). The number of anilines is 1. The second-order valence-corrected chi connectivity index (χ2v) is 8.24. The Bertz CT molecular complexity index is 774. The van der Waals surface area contributed by atoms with Crippen LogP contribution < -0.4 is 10.6 Å². The van der Waals surface area contributed by atoms with Gasteiger partial charge in [0.05, 0.1) is 6.42 Å². The molecule has 150 valence electrons. The van der Waals surface area contributed by atoms with Gasteiger partial charge in [0.2, 0.25) is 0 Å². The van der Waals surface area contributed by atoms with E-state index < -0.39 is 30.1 Å². The molecule has 0 aromatic heterocycles. The molecule has 28 heavy (non-hydrogen) atoms. The van der Waals surface area contributed by atoms with E-state index in [0.29, 0.717) is 18.5 Å². The molecule has 2 aliphatic rings. The average Bonchev–Trinajstić information content (AvgIpc) is 2.90. The minimum atomic E-state index is -0.799. The number of ether oxygens (including phenoxy) is 1. The summed E-state index contributed by atoms with van der Waals surface area (Å²) in [4.78, 5) is 49.6. The van der Waals surface area contributed by atoms with Crippen molar-refractivity contribution in [3.63, 3.8) is 0 Å². The molecule has 1 saturated heterocycles. The summed E-state index contributed by atoms with van der Waals surface area (Å²) in [6.45, 7) is -0.473. The number of halogens is 1. The third-order valence-electron chi connectivity index (χ3n) is 4.98. The maximum atomic E-state index is 12.6. The zero-order chi connectivity index (χ0) is 20.1. The molecule has 1 aliphatic heterocycles. The highest BCUT2D eigenvalue weighted by atomic mass is 127. The summed E-state index contributed by atoms with van der Waals surface area (Å²) < 4.78 is 5.98. The smallest absolute Gasteiger partial charge is 0.325 e. The summed E-state index contributed by atoms with van der Waals surface area (Å²) in [5.74, 6) is -1.35. The second-order valence-electron chi connectivity index (χ2n) is 7.00. The standard InChI is InChI=1S/C19H22IN3O5/c20-13-4-6-14(7-5-13)21-15(24)12-28-16(25)8-11-23-17(26)19(22-18(23)27)9-2-1-3-10-19/h4-7H,1-3,8-12H2,(H,21,24)(H,22,27). The average molecular weight is 499 g/mol. The maximum absolute atomic E-state index is 12.6. The van der Waals surface area contributed by atoms with Gasteiger partial charge in [-0.1, -0.05) is 19.3 Å². The molecule has 0 bridgehead atoms. The highest BCUT2D eigenvalue weighted by Gasteiger charge is 2.51. The lowest BCUT2D eigenvalue weighted by atomic mass is 9.82. The largest absolute Gasteiger partial charge is 0.456 e. The molecule has 1 saturated carbocycles. The molecular weight excluding hydrogens is 477 g/mol. The van der Waals surface area contributed by atoms with Gasteiger partial charge in [-0.3, -0.25) is 19.3 Å². The summed E-state index contributed by atoms with van der Waals surface area (Å²) in [7, 11) is 0. The number of carbonyl (C=O) groups excluding carboxylic acids is 4. The number of amides is 4. The number of esters is 1. The van der Waals surface area contributed by atoms with Gasteiger partial charge >= 0.3 is 12.0 Å². The van der Waals surface area contributed by atoms with E-state index in [1.165, 1.54) is 0 Å². The van der Waals surface area contributed by atoms with Crippen molar-refractivity contribution in [2.24, 2.45) is 0 Å². The molecule has 2 N–H and O–H groups in total. The third-order valence-corrected chi connectivity index (χ3v) is 5.70. The summed E-state index contributed by atoms with van der Waals surface area (Å²) in [5.41, 5.74) is -0.189. The highest BCUT2D eigenvalue weighted by molar-refractivity contribution is 14.1. The van der Waals surface area contributed by atoms with E-state index in [2.05, 4.69) is 33.2 Å². The van der Waals surface area contributed by atoms with Crippen molar-refractivity contribution in [3.05, 3.63) is 27.8 Å². The van der Waals surface area contributed by atoms with Gasteiger partial charge in [0.1, 0.15) is 5.54 Å². The Kier molecular flexibility index (Phi) is 6.53. The molecule has 9 heteroatoms. The number of imide groups is 1. The number of carbonyl (C=O) groups is 4. The van der Waals surface area contributed by atoms with Gasteiger partial charge in [-0.15, -0.1) is 0 Å². The van der Waals surface area contributed by atoms with E-state index in [-0.39, 0.29) is 18.9 Å². The number of nitrogens with zero attached hydrogens (tertiary/aromatic N) is 1. The van der Waals surface area contributed by atoms with Crippen molar-refractivity contribution < 1.29 is 23.9 Å². The van der Waals surface area contributed by atoms with E-state index in [9.17, 15) is 19.2 Å². The van der Waals surface area contributed by atoms with Gasteiger partial charge in [-0.25, -0.2) is 4.79 Å². The number of hydrogen-bond donors (Lipinski definition) is 2. The van der Waals surface area contributed by atoms with Crippen molar-refractivity contribution >= 4 is 52.1 Å². The van der Waals surface area contributed by atoms with Crippen LogP contribution in [0.5, 0.6) is 0 Å². The Labute approximate surface area is 176 Å². The topological polar surface area (TPSA) is 105 Å². The fourth-order valence-electron chi connectivity index (χ4n) is 3.53. The first kappa shape index (κ1) is 20.6. The fourth-order valence-corrected chi connectivity index (χ4v) is 3.88. The minimum absolute atomic E-state index is 0.0516. The molecule has 1 aromatic rings. The fraction of sp³-hybridized carbons (Fsp3) is 0.474. The van der Waals surface area contributed by atoms with Crippen LogP contribution in [0.25, 0.3) is 0 Å². The van der Waals surface area contributed by atoms with E-state index in [0.717, 1.165) is 27.7 Å². The second kappa shape index (κ2) is 8.89. The van der Waals surface area contributed by atoms with Crippen molar-refractivity contribution in [2.45, 2.75) is 44.1 Å². The first-order valence-corrected chi connectivity index (χ1v) is 10.3. The van der Waals surface area contributed by atoms with Gasteiger partial charge in [-0.2, -0.15) is 0 Å². The molecule has 1 aliphatic carbocycles. The van der Waals surface area contributed by atoms with Crippen LogP contribution in [-0.4, -0.2) is 47.4 Å². The molecule has 1 heterocycles. The predicted octanol–water partition coefficient (Wildman–Crippen LogP) is 2.42. The highest BCUT2D eigenvalue weighted by Crippen LogP contribution is 2.33. The summed E-state index contributed by atoms with van der Waals surface area (Å²) in [6.07, 6.45) is 3.98. The number of rotatable bonds is 6. The van der Waals surface area contributed by atoms with Crippen molar-refractivity contribution in [1.29, 1.82) is 0 Å². The quantitative estimate of drug-likeness (QED) is 0.356. The van der Waals surface area contributed by atoms with Gasteiger partial charge in [0, 0.05) is 15.8 Å². The molecule has 4 amide bonds. The molecule has 0 radical (unpaired) electrons. The molecule has 0 unspecified atom stereocenters. The van der Waals surface area contributed by atoms with E-state index in [1.54, 1.807) is 12.1 Å². The molecule has 2 fully saturated rings. The van der Waals surface area contributed by atoms with E-state index >= 15 is 0 Å². The van der Waals surface area contributed by atoms with Crippen LogP contribution in [0, 0.1) is 3.57 Å². The van der Waals surface area contributed by atoms with Crippen molar-refractivity contribution in [3.8, 4) is 0 Å². The maximum Gasteiger partial charge on any atom is 0.325 e. The molecule has 0 atom stereocenters. The van der Waals surface area contributed by atoms with Crippen LogP contribution >= 0.6 is 22.6 Å². The Hall–Kier alpha value is -2.17. The number of urea groups is 1. The molecule has 1 aromatic carbocycles. The summed E-state index contributed by atoms with van der Waals surface area (Å²) in [5, 5.41) is 5.42. The Balaban J connectivity index is 1.42. The first-order chi connectivity index (χ1) is 13.4. The van der Waals surface area contributed by atoms with Crippen molar-refractivity contribution in [2.75, 3.05) is 18.5 Å². The van der Waals surface area contributed by atoms with Gasteiger partial charge in [0.25, 0.3) is 11.8 Å². The number of benzene rings is 1. The van der Waals surface area contributed by atoms with Crippen LogP contribution in [0.1, 0.15) is 38.5 Å². The zero-order valence-corrected chi connectivity index (χ0v) is 17.5. The van der Waals surface area contributed by atoms with E-state index in [4.69, 9.17) is 4.74 Å². The normalized spacial score (nSPS) is 18.1. The zero-order valence-electron chi connectivity index (χ0n) is 15.3. The Morgan fingerprint density at radius 3 is 2.50 bits per heavy atom. The summed E-state index contributed by atoms with van der Waals surface area (Å²) in [6, 6.07) is 6.73. The SMILES string of the molecule is O=C(COC(=O)CCN1C(=O)NC2(CCCCC2)C1=O)Nc1ccc(I)cc1. The first-order valence-electron chi connectivity index (χ1n) is 9.25. The predicted molar refractivity (Wildman–Crippen MR) is 109 cm³/mol. The third kappa shape index (κ3) is 4.81. The van der Waals surface area contributed by atoms with Crippen LogP contribution in [-0.2, 0) is 19.1 Å². The molecule has 8 nitrogen and oxygen atoms in total. The van der Waals surface area contributed by atoms with Gasteiger partial charge in [-0.05, 0) is 59.7 Å². The Morgan fingerprint density at radius 1 is 1.14 bits per heavy atom. The van der Waals surface area contributed by atoms with E-state index in [1.807, 2.05) is 12.1 Å². The molecular formula is C19H22IN3O5. The Morgan fingerprint density at radius 2 is 1.82 bits per heavy atom. The lowest BCUT2D eigenvalue weighted by Crippen LogP contribution is -2.48. The summed E-state index contributed by atoms with van der Waals surface area (Å²) >= 11 is 2.16. The lowest BCUT2D eigenvalue weighted by molar-refractivity contribution is -0.147. The minimum Gasteiger partial charge on any atom is -0.456 e. The van der Waals surface area contributed by atoms with Gasteiger partial charge in [0.15, 0.2) is 6.61 Å². The number of hydrogen-bond acceptors (Lipinski definition) is 5. The van der Waals surface area contributed by atoms with Crippen LogP contribution in [0.3, 0.4) is 0 Å². The van der Waals surface area contributed by atoms with Crippen molar-refractivity contribution in [1.82, 2.24) is 10.2 Å². The van der Waals surface area contributed by atoms with Crippen LogP contribution in [0.4, 0.5) is 10.5 Å². The van der Waals surface area contributed by atoms with Gasteiger partial charge < -0.3 is 15.4 Å². The van der Waals surface area contributed by atoms with Crippen LogP contribution in [0.2, 0.25) is 0 Å². The monoisotopic (exact) mass is 499 g/mol. The van der Waals surface area contributed by atoms with Crippen LogP contribution in [0.15, 0.2) is 24.3 Å².